The summed E-state index contributed by atoms with van der Waals surface area (Å²) in [6.45, 7) is 2.06. The summed E-state index contributed by atoms with van der Waals surface area (Å²) in [4.78, 5) is 0. The number of unbranched alkanes of at least 4 members (excludes halogenated alkanes) is 1. The van der Waals surface area contributed by atoms with E-state index in [1.807, 2.05) is 6.07 Å². The van der Waals surface area contributed by atoms with Crippen LogP contribution in [0.25, 0.3) is 0 Å². The standard InChI is InChI=1S/C15H20O/c1-2-9-15(16)13-8-4-7-12-14-10-5-3-6-11-14/h3,5-6,10-11,15-16H,2,4,7,9,12H2,1H3/t15-/m1/s1. The molecule has 0 amide bonds. The molecule has 0 aliphatic carbocycles. The minimum atomic E-state index is -0.429. The van der Waals surface area contributed by atoms with Gasteiger partial charge in [-0.1, -0.05) is 49.6 Å². The average molecular weight is 216 g/mol. The molecule has 0 unspecified atom stereocenters. The van der Waals surface area contributed by atoms with Crippen molar-refractivity contribution in [1.29, 1.82) is 0 Å². The fourth-order valence-corrected chi connectivity index (χ4v) is 1.56. The lowest BCUT2D eigenvalue weighted by Crippen LogP contribution is -2.00. The van der Waals surface area contributed by atoms with Crippen LogP contribution in [0.5, 0.6) is 0 Å². The highest BCUT2D eigenvalue weighted by molar-refractivity contribution is 5.15. The number of hydrogen-bond donors (Lipinski definition) is 1. The summed E-state index contributed by atoms with van der Waals surface area (Å²) < 4.78 is 0. The fourth-order valence-electron chi connectivity index (χ4n) is 1.56. The minimum absolute atomic E-state index is 0.429. The van der Waals surface area contributed by atoms with Crippen molar-refractivity contribution in [3.8, 4) is 11.8 Å². The third-order valence-electron chi connectivity index (χ3n) is 2.44. The minimum Gasteiger partial charge on any atom is -0.380 e. The second-order valence-electron chi connectivity index (χ2n) is 3.96. The van der Waals surface area contributed by atoms with Crippen molar-refractivity contribution in [3.05, 3.63) is 35.9 Å². The number of aryl methyl sites for hydroxylation is 1. The lowest BCUT2D eigenvalue weighted by Gasteiger charge is -1.99. The molecule has 0 heterocycles. The molecule has 1 atom stereocenters. The smallest absolute Gasteiger partial charge is 0.114 e. The maximum atomic E-state index is 9.39. The molecule has 0 fully saturated rings. The van der Waals surface area contributed by atoms with E-state index >= 15 is 0 Å². The molecule has 16 heavy (non-hydrogen) atoms. The fraction of sp³-hybridized carbons (Fsp3) is 0.467. The third-order valence-corrected chi connectivity index (χ3v) is 2.44. The van der Waals surface area contributed by atoms with Gasteiger partial charge < -0.3 is 5.11 Å². The van der Waals surface area contributed by atoms with E-state index in [9.17, 15) is 5.11 Å². The lowest BCUT2D eigenvalue weighted by atomic mass is 10.1. The Bertz CT molecular complexity index is 331. The SMILES string of the molecule is CCC[C@@H](O)C#CCCCc1ccccc1. The van der Waals surface area contributed by atoms with E-state index in [4.69, 9.17) is 0 Å². The molecule has 1 heteroatoms. The van der Waals surface area contributed by atoms with E-state index in [0.717, 1.165) is 32.1 Å². The number of aliphatic hydroxyl groups excluding tert-OH is 1. The van der Waals surface area contributed by atoms with Gasteiger partial charge in [0.25, 0.3) is 0 Å². The first kappa shape index (κ1) is 12.8. The molecule has 0 aliphatic rings. The Balaban J connectivity index is 2.17. The monoisotopic (exact) mass is 216 g/mol. The predicted octanol–water partition coefficient (Wildman–Crippen LogP) is 3.17. The summed E-state index contributed by atoms with van der Waals surface area (Å²) in [6.07, 6.45) is 4.35. The molecule has 1 aromatic rings. The molecule has 0 saturated carbocycles. The van der Waals surface area contributed by atoms with E-state index in [2.05, 4.69) is 43.0 Å². The highest BCUT2D eigenvalue weighted by atomic mass is 16.3. The van der Waals surface area contributed by atoms with Crippen LogP contribution in [-0.4, -0.2) is 11.2 Å². The molecule has 0 spiro atoms. The van der Waals surface area contributed by atoms with Crippen LogP contribution in [-0.2, 0) is 6.42 Å². The number of aliphatic hydroxyl groups is 1. The van der Waals surface area contributed by atoms with E-state index in [1.165, 1.54) is 5.56 Å². The Hall–Kier alpha value is -1.26. The molecule has 0 saturated heterocycles. The topological polar surface area (TPSA) is 20.2 Å². The van der Waals surface area contributed by atoms with Gasteiger partial charge >= 0.3 is 0 Å². The van der Waals surface area contributed by atoms with Crippen molar-refractivity contribution in [2.24, 2.45) is 0 Å². The van der Waals surface area contributed by atoms with E-state index in [-0.39, 0.29) is 0 Å². The van der Waals surface area contributed by atoms with Gasteiger partial charge in [-0.25, -0.2) is 0 Å². The normalized spacial score (nSPS) is 11.6. The summed E-state index contributed by atoms with van der Waals surface area (Å²) in [5.41, 5.74) is 1.36. The summed E-state index contributed by atoms with van der Waals surface area (Å²) in [5, 5.41) is 9.39. The van der Waals surface area contributed by atoms with Gasteiger partial charge in [-0.3, -0.25) is 0 Å². The Labute approximate surface area is 98.5 Å². The number of hydrogen-bond acceptors (Lipinski definition) is 1. The maximum absolute atomic E-state index is 9.39. The maximum Gasteiger partial charge on any atom is 0.114 e. The molecule has 0 radical (unpaired) electrons. The Morgan fingerprint density at radius 2 is 2.00 bits per heavy atom. The van der Waals surface area contributed by atoms with Crippen LogP contribution < -0.4 is 0 Å². The summed E-state index contributed by atoms with van der Waals surface area (Å²) in [5.74, 6) is 5.92. The lowest BCUT2D eigenvalue weighted by molar-refractivity contribution is 0.221. The van der Waals surface area contributed by atoms with Crippen LogP contribution in [0.4, 0.5) is 0 Å². The molecule has 0 aliphatic heterocycles. The Morgan fingerprint density at radius 1 is 1.25 bits per heavy atom. The van der Waals surface area contributed by atoms with Crippen molar-refractivity contribution < 1.29 is 5.11 Å². The van der Waals surface area contributed by atoms with E-state index < -0.39 is 6.10 Å². The molecule has 1 aromatic carbocycles. The van der Waals surface area contributed by atoms with Gasteiger partial charge in [0, 0.05) is 6.42 Å². The first-order chi connectivity index (χ1) is 7.83. The Morgan fingerprint density at radius 3 is 2.69 bits per heavy atom. The molecule has 0 bridgehead atoms. The van der Waals surface area contributed by atoms with Gasteiger partial charge in [0.2, 0.25) is 0 Å². The van der Waals surface area contributed by atoms with Gasteiger partial charge in [0.15, 0.2) is 0 Å². The molecule has 86 valence electrons. The highest BCUT2D eigenvalue weighted by Gasteiger charge is 1.94. The van der Waals surface area contributed by atoms with Crippen LogP contribution in [0.3, 0.4) is 0 Å². The molecule has 1 nitrogen and oxygen atoms in total. The number of rotatable bonds is 5. The van der Waals surface area contributed by atoms with E-state index in [1.54, 1.807) is 0 Å². The molecular formula is C15H20O. The van der Waals surface area contributed by atoms with Crippen LogP contribution in [0, 0.1) is 11.8 Å². The first-order valence-electron chi connectivity index (χ1n) is 6.03. The summed E-state index contributed by atoms with van der Waals surface area (Å²) in [6, 6.07) is 10.4. The zero-order valence-corrected chi connectivity index (χ0v) is 9.95. The largest absolute Gasteiger partial charge is 0.380 e. The molecule has 1 N–H and O–H groups in total. The van der Waals surface area contributed by atoms with Crippen LogP contribution >= 0.6 is 0 Å². The summed E-state index contributed by atoms with van der Waals surface area (Å²) >= 11 is 0. The van der Waals surface area contributed by atoms with Crippen molar-refractivity contribution >= 4 is 0 Å². The van der Waals surface area contributed by atoms with Gasteiger partial charge in [0.1, 0.15) is 6.10 Å². The second-order valence-corrected chi connectivity index (χ2v) is 3.96. The second kappa shape index (κ2) is 7.96. The third kappa shape index (κ3) is 5.58. The van der Waals surface area contributed by atoms with Crippen molar-refractivity contribution in [2.75, 3.05) is 0 Å². The van der Waals surface area contributed by atoms with Crippen LogP contribution in [0.1, 0.15) is 38.2 Å². The zero-order chi connectivity index (χ0) is 11.6. The average Bonchev–Trinajstić information content (AvgIpc) is 2.30. The van der Waals surface area contributed by atoms with Gasteiger partial charge in [-0.15, -0.1) is 5.92 Å². The van der Waals surface area contributed by atoms with Crippen molar-refractivity contribution in [1.82, 2.24) is 0 Å². The highest BCUT2D eigenvalue weighted by Crippen LogP contribution is 2.03. The van der Waals surface area contributed by atoms with Crippen LogP contribution in [0.15, 0.2) is 30.3 Å². The number of benzene rings is 1. The predicted molar refractivity (Wildman–Crippen MR) is 68.1 cm³/mol. The molecule has 1 rings (SSSR count). The molecule has 0 aromatic heterocycles. The van der Waals surface area contributed by atoms with Gasteiger partial charge in [0.05, 0.1) is 0 Å². The van der Waals surface area contributed by atoms with Gasteiger partial charge in [-0.2, -0.15) is 0 Å². The van der Waals surface area contributed by atoms with Crippen LogP contribution in [0.2, 0.25) is 0 Å². The first-order valence-corrected chi connectivity index (χ1v) is 6.03. The van der Waals surface area contributed by atoms with Crippen molar-refractivity contribution in [3.63, 3.8) is 0 Å². The zero-order valence-electron chi connectivity index (χ0n) is 9.95. The summed E-state index contributed by atoms with van der Waals surface area (Å²) in [7, 11) is 0. The van der Waals surface area contributed by atoms with Gasteiger partial charge in [-0.05, 0) is 24.8 Å². The quantitative estimate of drug-likeness (QED) is 0.592. The Kier molecular flexibility index (Phi) is 6.37. The van der Waals surface area contributed by atoms with Crippen molar-refractivity contribution in [2.45, 2.75) is 45.1 Å². The van der Waals surface area contributed by atoms with E-state index in [0.29, 0.717) is 0 Å². The molecular weight excluding hydrogens is 196 g/mol.